The van der Waals surface area contributed by atoms with E-state index < -0.39 is 6.04 Å². The fourth-order valence-electron chi connectivity index (χ4n) is 2.29. The number of rotatable bonds is 4. The summed E-state index contributed by atoms with van der Waals surface area (Å²) in [5, 5.41) is 10.8. The lowest BCUT2D eigenvalue weighted by Gasteiger charge is -2.28. The zero-order valence-corrected chi connectivity index (χ0v) is 12.6. The summed E-state index contributed by atoms with van der Waals surface area (Å²) in [7, 11) is 0. The molecule has 0 fully saturated rings. The fourth-order valence-corrected chi connectivity index (χ4v) is 3.35. The van der Waals surface area contributed by atoms with Gasteiger partial charge in [-0.15, -0.1) is 0 Å². The number of fused-ring (bicyclic) bond motifs is 1. The van der Waals surface area contributed by atoms with Gasteiger partial charge in [-0.3, -0.25) is 0 Å². The number of aliphatic imine (C=N–C) groups is 1. The first-order valence-corrected chi connectivity index (χ1v) is 7.74. The Kier molecular flexibility index (Phi) is 4.50. The van der Waals surface area contributed by atoms with Crippen molar-refractivity contribution in [3.8, 4) is 0 Å². The summed E-state index contributed by atoms with van der Waals surface area (Å²) in [5.74, 6) is 0. The molecule has 2 aromatic rings. The molecule has 22 heavy (non-hydrogen) atoms. The van der Waals surface area contributed by atoms with Gasteiger partial charge in [0.25, 0.3) is 0 Å². The van der Waals surface area contributed by atoms with E-state index in [-0.39, 0.29) is 6.61 Å². The van der Waals surface area contributed by atoms with Gasteiger partial charge in [0.1, 0.15) is 17.4 Å². The second kappa shape index (κ2) is 6.72. The van der Waals surface area contributed by atoms with Crippen LogP contribution in [-0.2, 0) is 4.79 Å². The van der Waals surface area contributed by atoms with Gasteiger partial charge in [-0.2, -0.15) is 0 Å². The Morgan fingerprint density at radius 1 is 1.23 bits per heavy atom. The van der Waals surface area contributed by atoms with Gasteiger partial charge in [0.2, 0.25) is 0 Å². The lowest BCUT2D eigenvalue weighted by Crippen LogP contribution is -2.33. The SMILES string of the molecule is O=CC1N=C(N(CCO)c2ccccc2)Sc2ncccc21. The third kappa shape index (κ3) is 2.88. The zero-order chi connectivity index (χ0) is 15.4. The van der Waals surface area contributed by atoms with Crippen LogP contribution in [0.5, 0.6) is 0 Å². The summed E-state index contributed by atoms with van der Waals surface area (Å²) in [6.45, 7) is 0.402. The molecule has 6 heteroatoms. The van der Waals surface area contributed by atoms with Gasteiger partial charge in [0.05, 0.1) is 6.61 Å². The second-order valence-corrected chi connectivity index (χ2v) is 5.66. The maximum absolute atomic E-state index is 11.4. The molecule has 1 aromatic carbocycles. The number of aromatic nitrogens is 1. The standard InChI is InChI=1S/C16H15N3O2S/c20-10-9-19(12-5-2-1-3-6-12)16-18-14(11-21)13-7-4-8-17-15(13)22-16/h1-8,11,14,20H,9-10H2. The number of aliphatic hydroxyl groups is 1. The number of nitrogens with zero attached hydrogens (tertiary/aromatic N) is 3. The quantitative estimate of drug-likeness (QED) is 0.877. The first-order valence-electron chi connectivity index (χ1n) is 6.93. The number of carbonyl (C=O) groups is 1. The van der Waals surface area contributed by atoms with Crippen LogP contribution < -0.4 is 4.90 Å². The summed E-state index contributed by atoms with van der Waals surface area (Å²) in [6.07, 6.45) is 2.53. The average molecular weight is 313 g/mol. The first kappa shape index (κ1) is 14.7. The van der Waals surface area contributed by atoms with Crippen molar-refractivity contribution in [2.45, 2.75) is 11.1 Å². The molecule has 1 aliphatic heterocycles. The summed E-state index contributed by atoms with van der Waals surface area (Å²) >= 11 is 1.41. The highest BCUT2D eigenvalue weighted by Gasteiger charge is 2.26. The summed E-state index contributed by atoms with van der Waals surface area (Å²) < 4.78 is 0. The monoisotopic (exact) mass is 313 g/mol. The first-order chi connectivity index (χ1) is 10.8. The number of anilines is 1. The highest BCUT2D eigenvalue weighted by molar-refractivity contribution is 8.14. The molecule has 0 amide bonds. The predicted octanol–water partition coefficient (Wildman–Crippen LogP) is 2.28. The van der Waals surface area contributed by atoms with Crippen molar-refractivity contribution < 1.29 is 9.90 Å². The van der Waals surface area contributed by atoms with Gasteiger partial charge < -0.3 is 14.8 Å². The van der Waals surface area contributed by atoms with Crippen LogP contribution in [-0.4, -0.2) is 34.7 Å². The minimum Gasteiger partial charge on any atom is -0.395 e. The Morgan fingerprint density at radius 2 is 2.05 bits per heavy atom. The Morgan fingerprint density at radius 3 is 2.77 bits per heavy atom. The van der Waals surface area contributed by atoms with Crippen LogP contribution in [0.2, 0.25) is 0 Å². The molecule has 3 rings (SSSR count). The summed E-state index contributed by atoms with van der Waals surface area (Å²) in [6, 6.07) is 12.8. The second-order valence-electron chi connectivity index (χ2n) is 4.70. The number of thioether (sulfide) groups is 1. The molecule has 1 aliphatic rings. The van der Waals surface area contributed by atoms with Crippen molar-refractivity contribution in [3.05, 3.63) is 54.2 Å². The van der Waals surface area contributed by atoms with E-state index in [1.807, 2.05) is 41.3 Å². The Hall–Kier alpha value is -2.18. The highest BCUT2D eigenvalue weighted by atomic mass is 32.2. The van der Waals surface area contributed by atoms with Crippen molar-refractivity contribution in [3.63, 3.8) is 0 Å². The normalized spacial score (nSPS) is 16.6. The highest BCUT2D eigenvalue weighted by Crippen LogP contribution is 2.35. The van der Waals surface area contributed by atoms with Gasteiger partial charge in [0, 0.05) is 24.0 Å². The van der Waals surface area contributed by atoms with Gasteiger partial charge in [-0.1, -0.05) is 24.3 Å². The molecule has 0 aliphatic carbocycles. The molecule has 5 nitrogen and oxygen atoms in total. The smallest absolute Gasteiger partial charge is 0.171 e. The number of carbonyl (C=O) groups excluding carboxylic acids is 1. The largest absolute Gasteiger partial charge is 0.395 e. The van der Waals surface area contributed by atoms with Crippen LogP contribution in [0.4, 0.5) is 5.69 Å². The molecule has 0 bridgehead atoms. The molecular formula is C16H15N3O2S. The molecule has 112 valence electrons. The number of pyridine rings is 1. The van der Waals surface area contributed by atoms with Crippen molar-refractivity contribution in [1.82, 2.24) is 4.98 Å². The molecule has 0 spiro atoms. The van der Waals surface area contributed by atoms with Crippen molar-refractivity contribution >= 4 is 28.9 Å². The van der Waals surface area contributed by atoms with E-state index in [0.29, 0.717) is 11.7 Å². The zero-order valence-electron chi connectivity index (χ0n) is 11.8. The predicted molar refractivity (Wildman–Crippen MR) is 87.2 cm³/mol. The Labute approximate surface area is 132 Å². The third-order valence-electron chi connectivity index (χ3n) is 3.31. The van der Waals surface area contributed by atoms with E-state index in [2.05, 4.69) is 9.98 Å². The molecule has 2 heterocycles. The summed E-state index contributed by atoms with van der Waals surface area (Å²) in [4.78, 5) is 22.1. The van der Waals surface area contributed by atoms with Gasteiger partial charge >= 0.3 is 0 Å². The van der Waals surface area contributed by atoms with Gasteiger partial charge in [-0.05, 0) is 30.0 Å². The van der Waals surface area contributed by atoms with Crippen LogP contribution in [0, 0.1) is 0 Å². The summed E-state index contributed by atoms with van der Waals surface area (Å²) in [5.41, 5.74) is 1.75. The molecular weight excluding hydrogens is 298 g/mol. The van der Waals surface area contributed by atoms with Crippen LogP contribution in [0.25, 0.3) is 0 Å². The van der Waals surface area contributed by atoms with Crippen molar-refractivity contribution in [2.75, 3.05) is 18.1 Å². The molecule has 1 atom stereocenters. The van der Waals surface area contributed by atoms with E-state index in [0.717, 1.165) is 22.6 Å². The third-order valence-corrected chi connectivity index (χ3v) is 4.35. The average Bonchev–Trinajstić information content (AvgIpc) is 2.59. The van der Waals surface area contributed by atoms with Gasteiger partial charge in [-0.25, -0.2) is 9.98 Å². The number of hydrogen-bond acceptors (Lipinski definition) is 6. The van der Waals surface area contributed by atoms with Crippen LogP contribution in [0.3, 0.4) is 0 Å². The molecule has 1 aromatic heterocycles. The Balaban J connectivity index is 1.99. The fraction of sp³-hybridized carbons (Fsp3) is 0.188. The molecule has 1 N–H and O–H groups in total. The van der Waals surface area contributed by atoms with E-state index in [1.165, 1.54) is 11.8 Å². The lowest BCUT2D eigenvalue weighted by atomic mass is 10.1. The number of para-hydroxylation sites is 1. The van der Waals surface area contributed by atoms with E-state index in [1.54, 1.807) is 12.3 Å². The number of aldehydes is 1. The maximum atomic E-state index is 11.4. The lowest BCUT2D eigenvalue weighted by molar-refractivity contribution is -0.109. The number of hydrogen-bond donors (Lipinski definition) is 1. The number of benzene rings is 1. The number of aliphatic hydroxyl groups excluding tert-OH is 1. The number of amidine groups is 1. The maximum Gasteiger partial charge on any atom is 0.171 e. The van der Waals surface area contributed by atoms with Crippen LogP contribution >= 0.6 is 11.8 Å². The van der Waals surface area contributed by atoms with E-state index >= 15 is 0 Å². The molecule has 0 saturated carbocycles. The van der Waals surface area contributed by atoms with Gasteiger partial charge in [0.15, 0.2) is 5.17 Å². The van der Waals surface area contributed by atoms with Crippen molar-refractivity contribution in [2.24, 2.45) is 4.99 Å². The van der Waals surface area contributed by atoms with E-state index in [4.69, 9.17) is 0 Å². The molecule has 0 radical (unpaired) electrons. The Bertz CT molecular complexity index is 691. The minimum atomic E-state index is -0.551. The van der Waals surface area contributed by atoms with E-state index in [9.17, 15) is 9.90 Å². The molecule has 0 saturated heterocycles. The van der Waals surface area contributed by atoms with Crippen LogP contribution in [0.15, 0.2) is 58.7 Å². The molecule has 1 unspecified atom stereocenters. The van der Waals surface area contributed by atoms with Crippen LogP contribution in [0.1, 0.15) is 11.6 Å². The van der Waals surface area contributed by atoms with Crippen molar-refractivity contribution in [1.29, 1.82) is 0 Å². The minimum absolute atomic E-state index is 0.00466. The topological polar surface area (TPSA) is 65.8 Å².